The van der Waals surface area contributed by atoms with E-state index < -0.39 is 0 Å². The number of carbonyl (C=O) groups is 2. The molecule has 3 rings (SSSR count). The van der Waals surface area contributed by atoms with Crippen LogP contribution in [0.4, 0.5) is 15.3 Å². The monoisotopic (exact) mass is 359 g/mol. The summed E-state index contributed by atoms with van der Waals surface area (Å²) in [6.45, 7) is 5.05. The summed E-state index contributed by atoms with van der Waals surface area (Å²) in [7, 11) is 0. The van der Waals surface area contributed by atoms with Gasteiger partial charge in [0.2, 0.25) is 0 Å². The van der Waals surface area contributed by atoms with Crippen LogP contribution < -0.4 is 15.5 Å². The number of nitrogens with one attached hydrogen (secondary N) is 2. The number of benzene rings is 1. The van der Waals surface area contributed by atoms with E-state index in [4.69, 9.17) is 4.74 Å². The maximum atomic E-state index is 12.1. The van der Waals surface area contributed by atoms with Crippen LogP contribution >= 0.6 is 0 Å². The largest absolute Gasteiger partial charge is 0.442 e. The van der Waals surface area contributed by atoms with Crippen LogP contribution in [0, 0.1) is 0 Å². The Balaban J connectivity index is 1.47. The normalized spacial score (nSPS) is 21.0. The topological polar surface area (TPSA) is 70.7 Å². The van der Waals surface area contributed by atoms with Crippen LogP contribution in [-0.2, 0) is 4.74 Å². The number of hydrogen-bond acceptors (Lipinski definition) is 3. The molecule has 26 heavy (non-hydrogen) atoms. The Morgan fingerprint density at radius 1 is 1.19 bits per heavy atom. The van der Waals surface area contributed by atoms with Crippen LogP contribution in [0.5, 0.6) is 0 Å². The molecular weight excluding hydrogens is 330 g/mol. The van der Waals surface area contributed by atoms with E-state index in [1.165, 1.54) is 24.8 Å². The fourth-order valence-electron chi connectivity index (χ4n) is 3.57. The van der Waals surface area contributed by atoms with E-state index in [0.29, 0.717) is 19.0 Å². The predicted molar refractivity (Wildman–Crippen MR) is 102 cm³/mol. The number of rotatable bonds is 5. The number of hydrogen-bond donors (Lipinski definition) is 2. The van der Waals surface area contributed by atoms with Gasteiger partial charge in [0, 0.05) is 11.7 Å². The van der Waals surface area contributed by atoms with Gasteiger partial charge in [-0.3, -0.25) is 4.90 Å². The van der Waals surface area contributed by atoms with Gasteiger partial charge in [0.25, 0.3) is 0 Å². The van der Waals surface area contributed by atoms with Gasteiger partial charge in [-0.05, 0) is 36.5 Å². The molecule has 2 fully saturated rings. The summed E-state index contributed by atoms with van der Waals surface area (Å²) in [5.41, 5.74) is 2.06. The molecule has 6 heteroatoms. The molecule has 1 aliphatic heterocycles. The van der Waals surface area contributed by atoms with Crippen molar-refractivity contribution in [2.45, 2.75) is 64.0 Å². The Morgan fingerprint density at radius 3 is 2.54 bits per heavy atom. The molecule has 1 saturated heterocycles. The standard InChI is InChI=1S/C20H29N3O3/c1-14(2)15-8-10-17(11-9-15)23-13-18(26-20(23)25)12-21-19(24)22-16-6-4-3-5-7-16/h8-11,14,16,18H,3-7,12-13H2,1-2H3,(H2,21,22,24). The third kappa shape index (κ3) is 4.68. The number of anilines is 1. The fourth-order valence-corrected chi connectivity index (χ4v) is 3.57. The summed E-state index contributed by atoms with van der Waals surface area (Å²) < 4.78 is 5.39. The molecule has 2 aliphatic rings. The van der Waals surface area contributed by atoms with E-state index in [1.807, 2.05) is 24.3 Å². The van der Waals surface area contributed by atoms with E-state index in [2.05, 4.69) is 24.5 Å². The Morgan fingerprint density at radius 2 is 1.88 bits per heavy atom. The van der Waals surface area contributed by atoms with Crippen molar-refractivity contribution in [1.82, 2.24) is 10.6 Å². The molecule has 0 spiro atoms. The van der Waals surface area contributed by atoms with E-state index in [0.717, 1.165) is 18.5 Å². The maximum Gasteiger partial charge on any atom is 0.414 e. The second kappa shape index (κ2) is 8.43. The fraction of sp³-hybridized carbons (Fsp3) is 0.600. The molecule has 1 aromatic carbocycles. The van der Waals surface area contributed by atoms with Crippen molar-refractivity contribution < 1.29 is 14.3 Å². The lowest BCUT2D eigenvalue weighted by molar-refractivity contribution is 0.140. The molecule has 0 bridgehead atoms. The van der Waals surface area contributed by atoms with Crippen molar-refractivity contribution >= 4 is 17.8 Å². The van der Waals surface area contributed by atoms with Gasteiger partial charge in [-0.15, -0.1) is 0 Å². The average Bonchev–Trinajstić information content (AvgIpc) is 3.02. The van der Waals surface area contributed by atoms with Crippen LogP contribution in [0.2, 0.25) is 0 Å². The van der Waals surface area contributed by atoms with Crippen molar-refractivity contribution in [3.05, 3.63) is 29.8 Å². The molecule has 1 heterocycles. The van der Waals surface area contributed by atoms with E-state index in [-0.39, 0.29) is 24.3 Å². The first kappa shape index (κ1) is 18.5. The summed E-state index contributed by atoms with van der Waals surface area (Å²) in [6.07, 6.45) is 5.01. The first-order chi connectivity index (χ1) is 12.5. The van der Waals surface area contributed by atoms with Crippen molar-refractivity contribution in [3.8, 4) is 0 Å². The number of ether oxygens (including phenoxy) is 1. The second-order valence-corrected chi connectivity index (χ2v) is 7.55. The lowest BCUT2D eigenvalue weighted by atomic mass is 9.96. The highest BCUT2D eigenvalue weighted by atomic mass is 16.6. The minimum Gasteiger partial charge on any atom is -0.442 e. The van der Waals surface area contributed by atoms with Crippen LogP contribution in [0.3, 0.4) is 0 Å². The molecule has 142 valence electrons. The zero-order valence-corrected chi connectivity index (χ0v) is 15.7. The highest BCUT2D eigenvalue weighted by molar-refractivity contribution is 5.89. The minimum atomic E-state index is -0.359. The second-order valence-electron chi connectivity index (χ2n) is 7.55. The lowest BCUT2D eigenvalue weighted by Gasteiger charge is -2.23. The number of urea groups is 1. The Labute approximate surface area is 155 Å². The van der Waals surface area contributed by atoms with Gasteiger partial charge in [0.15, 0.2) is 0 Å². The van der Waals surface area contributed by atoms with Gasteiger partial charge in [-0.25, -0.2) is 9.59 Å². The average molecular weight is 359 g/mol. The van der Waals surface area contributed by atoms with E-state index in [9.17, 15) is 9.59 Å². The van der Waals surface area contributed by atoms with Gasteiger partial charge < -0.3 is 15.4 Å². The molecule has 6 nitrogen and oxygen atoms in total. The summed E-state index contributed by atoms with van der Waals surface area (Å²) >= 11 is 0. The Bertz CT molecular complexity index is 624. The molecule has 0 radical (unpaired) electrons. The van der Waals surface area contributed by atoms with Crippen LogP contribution in [0.15, 0.2) is 24.3 Å². The van der Waals surface area contributed by atoms with E-state index >= 15 is 0 Å². The van der Waals surface area contributed by atoms with Crippen molar-refractivity contribution in [2.24, 2.45) is 0 Å². The number of nitrogens with zero attached hydrogens (tertiary/aromatic N) is 1. The predicted octanol–water partition coefficient (Wildman–Crippen LogP) is 3.77. The zero-order valence-electron chi connectivity index (χ0n) is 15.7. The highest BCUT2D eigenvalue weighted by Gasteiger charge is 2.32. The first-order valence-corrected chi connectivity index (χ1v) is 9.65. The van der Waals surface area contributed by atoms with Crippen molar-refractivity contribution in [2.75, 3.05) is 18.0 Å². The van der Waals surface area contributed by atoms with Gasteiger partial charge in [-0.1, -0.05) is 45.2 Å². The van der Waals surface area contributed by atoms with Gasteiger partial charge in [0.1, 0.15) is 6.10 Å². The molecule has 3 amide bonds. The molecule has 1 unspecified atom stereocenters. The SMILES string of the molecule is CC(C)c1ccc(N2CC(CNC(=O)NC3CCCCC3)OC2=O)cc1. The van der Waals surface area contributed by atoms with Gasteiger partial charge in [-0.2, -0.15) is 0 Å². The summed E-state index contributed by atoms with van der Waals surface area (Å²) in [5, 5.41) is 5.84. The minimum absolute atomic E-state index is 0.173. The first-order valence-electron chi connectivity index (χ1n) is 9.65. The zero-order chi connectivity index (χ0) is 18.5. The summed E-state index contributed by atoms with van der Waals surface area (Å²) in [6, 6.07) is 8.07. The summed E-state index contributed by atoms with van der Waals surface area (Å²) in [4.78, 5) is 25.8. The lowest BCUT2D eigenvalue weighted by Crippen LogP contribution is -2.45. The third-order valence-corrected chi connectivity index (χ3v) is 5.18. The Kier molecular flexibility index (Phi) is 6.01. The number of amides is 3. The highest BCUT2D eigenvalue weighted by Crippen LogP contribution is 2.24. The number of carbonyl (C=O) groups excluding carboxylic acids is 2. The molecule has 2 N–H and O–H groups in total. The number of cyclic esters (lactones) is 1. The molecule has 0 aromatic heterocycles. The molecule has 1 aliphatic carbocycles. The molecule has 1 atom stereocenters. The van der Waals surface area contributed by atoms with E-state index in [1.54, 1.807) is 4.90 Å². The Hall–Kier alpha value is -2.24. The van der Waals surface area contributed by atoms with Crippen LogP contribution in [0.25, 0.3) is 0 Å². The third-order valence-electron chi connectivity index (χ3n) is 5.18. The molecule has 1 saturated carbocycles. The van der Waals surface area contributed by atoms with Crippen LogP contribution in [0.1, 0.15) is 57.4 Å². The van der Waals surface area contributed by atoms with Crippen molar-refractivity contribution in [1.29, 1.82) is 0 Å². The van der Waals surface area contributed by atoms with Gasteiger partial charge in [0.05, 0.1) is 13.1 Å². The molecular formula is C20H29N3O3. The maximum absolute atomic E-state index is 12.1. The smallest absolute Gasteiger partial charge is 0.414 e. The molecule has 1 aromatic rings. The summed E-state index contributed by atoms with van der Waals surface area (Å²) in [5.74, 6) is 0.453. The van der Waals surface area contributed by atoms with Crippen molar-refractivity contribution in [3.63, 3.8) is 0 Å². The van der Waals surface area contributed by atoms with Crippen LogP contribution in [-0.4, -0.2) is 37.4 Å². The quantitative estimate of drug-likeness (QED) is 0.841. The van der Waals surface area contributed by atoms with Gasteiger partial charge >= 0.3 is 12.1 Å².